The molecule has 20 heavy (non-hydrogen) atoms. The lowest BCUT2D eigenvalue weighted by molar-refractivity contribution is 0.222. The summed E-state index contributed by atoms with van der Waals surface area (Å²) in [5.74, 6) is 0. The fourth-order valence-electron chi connectivity index (χ4n) is 2.57. The standard InChI is InChI=1S/C17H32N2S/c1-7-9-10-17(8-2,12-18-13(3)4)11-16-19-14(5)15(6)20-16/h13,18H,7-12H2,1-6H3. The minimum Gasteiger partial charge on any atom is -0.314 e. The smallest absolute Gasteiger partial charge is 0.0936 e. The van der Waals surface area contributed by atoms with Crippen molar-refractivity contribution in [1.29, 1.82) is 0 Å². The van der Waals surface area contributed by atoms with Crippen molar-refractivity contribution in [3.05, 3.63) is 15.6 Å². The average molecular weight is 297 g/mol. The number of nitrogens with one attached hydrogen (secondary N) is 1. The van der Waals surface area contributed by atoms with Gasteiger partial charge >= 0.3 is 0 Å². The van der Waals surface area contributed by atoms with E-state index in [1.165, 1.54) is 41.3 Å². The van der Waals surface area contributed by atoms with Gasteiger partial charge in [-0.25, -0.2) is 4.98 Å². The van der Waals surface area contributed by atoms with E-state index >= 15 is 0 Å². The monoisotopic (exact) mass is 296 g/mol. The van der Waals surface area contributed by atoms with Crippen molar-refractivity contribution in [1.82, 2.24) is 10.3 Å². The van der Waals surface area contributed by atoms with Gasteiger partial charge in [0.15, 0.2) is 0 Å². The molecule has 0 aromatic carbocycles. The molecule has 0 aliphatic heterocycles. The zero-order chi connectivity index (χ0) is 15.2. The highest BCUT2D eigenvalue weighted by Gasteiger charge is 2.29. The van der Waals surface area contributed by atoms with E-state index in [2.05, 4.69) is 46.9 Å². The van der Waals surface area contributed by atoms with Gasteiger partial charge in [0.05, 0.1) is 10.7 Å². The van der Waals surface area contributed by atoms with E-state index in [-0.39, 0.29) is 0 Å². The van der Waals surface area contributed by atoms with Crippen molar-refractivity contribution < 1.29 is 0 Å². The second-order valence-corrected chi connectivity index (χ2v) is 7.71. The predicted molar refractivity (Wildman–Crippen MR) is 90.7 cm³/mol. The Morgan fingerprint density at radius 2 is 1.95 bits per heavy atom. The van der Waals surface area contributed by atoms with Gasteiger partial charge in [0, 0.05) is 23.9 Å². The molecule has 1 aromatic heterocycles. The Morgan fingerprint density at radius 1 is 1.25 bits per heavy atom. The Morgan fingerprint density at radius 3 is 2.40 bits per heavy atom. The predicted octanol–water partition coefficient (Wildman–Crippen LogP) is 4.89. The van der Waals surface area contributed by atoms with Crippen molar-refractivity contribution in [3.8, 4) is 0 Å². The summed E-state index contributed by atoms with van der Waals surface area (Å²) in [6.45, 7) is 14.5. The number of aryl methyl sites for hydroxylation is 2. The first-order valence-electron chi connectivity index (χ1n) is 8.08. The first-order valence-corrected chi connectivity index (χ1v) is 8.90. The van der Waals surface area contributed by atoms with Crippen LogP contribution >= 0.6 is 11.3 Å². The number of aromatic nitrogens is 1. The Hall–Kier alpha value is -0.410. The molecule has 0 aliphatic rings. The molecule has 1 N–H and O–H groups in total. The SMILES string of the molecule is CCCCC(CC)(CNC(C)C)Cc1nc(C)c(C)s1. The lowest BCUT2D eigenvalue weighted by atomic mass is 9.77. The van der Waals surface area contributed by atoms with Gasteiger partial charge in [-0.15, -0.1) is 11.3 Å². The van der Waals surface area contributed by atoms with E-state index in [4.69, 9.17) is 4.98 Å². The lowest BCUT2D eigenvalue weighted by Gasteiger charge is -2.33. The van der Waals surface area contributed by atoms with Crippen LogP contribution in [0.2, 0.25) is 0 Å². The molecule has 1 aromatic rings. The molecule has 0 radical (unpaired) electrons. The van der Waals surface area contributed by atoms with Crippen LogP contribution in [0.5, 0.6) is 0 Å². The van der Waals surface area contributed by atoms with Gasteiger partial charge in [-0.1, -0.05) is 40.5 Å². The number of hydrogen-bond donors (Lipinski definition) is 1. The first-order chi connectivity index (χ1) is 9.42. The molecule has 0 aliphatic carbocycles. The average Bonchev–Trinajstić information content (AvgIpc) is 2.71. The van der Waals surface area contributed by atoms with E-state index in [1.807, 2.05) is 11.3 Å². The van der Waals surface area contributed by atoms with Gasteiger partial charge in [-0.3, -0.25) is 0 Å². The molecule has 116 valence electrons. The van der Waals surface area contributed by atoms with Crippen molar-refractivity contribution in [2.45, 2.75) is 79.7 Å². The second kappa shape index (κ2) is 8.14. The second-order valence-electron chi connectivity index (χ2n) is 6.42. The lowest BCUT2D eigenvalue weighted by Crippen LogP contribution is -2.39. The molecule has 2 nitrogen and oxygen atoms in total. The van der Waals surface area contributed by atoms with Gasteiger partial charge < -0.3 is 5.32 Å². The highest BCUT2D eigenvalue weighted by atomic mass is 32.1. The molecule has 0 amide bonds. The van der Waals surface area contributed by atoms with Crippen LogP contribution in [0.25, 0.3) is 0 Å². The molecule has 0 saturated heterocycles. The van der Waals surface area contributed by atoms with E-state index in [1.54, 1.807) is 0 Å². The Labute approximate surface area is 129 Å². The maximum atomic E-state index is 4.77. The van der Waals surface area contributed by atoms with Crippen LogP contribution in [-0.4, -0.2) is 17.6 Å². The Kier molecular flexibility index (Phi) is 7.18. The third-order valence-electron chi connectivity index (χ3n) is 4.30. The van der Waals surface area contributed by atoms with Crippen molar-refractivity contribution in [2.75, 3.05) is 6.54 Å². The molecular weight excluding hydrogens is 264 g/mol. The molecule has 0 saturated carbocycles. The molecule has 1 unspecified atom stereocenters. The van der Waals surface area contributed by atoms with Crippen LogP contribution in [-0.2, 0) is 6.42 Å². The van der Waals surface area contributed by atoms with Crippen molar-refractivity contribution in [2.24, 2.45) is 5.41 Å². The van der Waals surface area contributed by atoms with Crippen LogP contribution in [0.15, 0.2) is 0 Å². The Bertz CT molecular complexity index is 378. The highest BCUT2D eigenvalue weighted by molar-refractivity contribution is 7.11. The van der Waals surface area contributed by atoms with E-state index < -0.39 is 0 Å². The van der Waals surface area contributed by atoms with Crippen LogP contribution < -0.4 is 5.32 Å². The summed E-state index contributed by atoms with van der Waals surface area (Å²) in [7, 11) is 0. The fraction of sp³-hybridized carbons (Fsp3) is 0.824. The molecular formula is C17H32N2S. The van der Waals surface area contributed by atoms with Crippen LogP contribution in [0.4, 0.5) is 0 Å². The molecule has 3 heteroatoms. The quantitative estimate of drug-likeness (QED) is 0.702. The molecule has 0 bridgehead atoms. The van der Waals surface area contributed by atoms with Crippen LogP contribution in [0.3, 0.4) is 0 Å². The zero-order valence-electron chi connectivity index (χ0n) is 14.2. The number of unbranched alkanes of at least 4 members (excludes halogenated alkanes) is 1. The number of rotatable bonds is 9. The number of thiazole rings is 1. The summed E-state index contributed by atoms with van der Waals surface area (Å²) in [6.07, 6.45) is 6.25. The topological polar surface area (TPSA) is 24.9 Å². The van der Waals surface area contributed by atoms with E-state index in [0.717, 1.165) is 13.0 Å². The maximum absolute atomic E-state index is 4.77. The molecule has 1 atom stereocenters. The molecule has 0 spiro atoms. The fourth-order valence-corrected chi connectivity index (χ4v) is 3.68. The summed E-state index contributed by atoms with van der Waals surface area (Å²) in [6, 6.07) is 0.558. The number of nitrogens with zero attached hydrogens (tertiary/aromatic N) is 1. The van der Waals surface area contributed by atoms with Gasteiger partial charge in [0.1, 0.15) is 0 Å². The molecule has 1 heterocycles. The van der Waals surface area contributed by atoms with Crippen LogP contribution in [0, 0.1) is 19.3 Å². The normalized spacial score (nSPS) is 14.8. The van der Waals surface area contributed by atoms with Gasteiger partial charge in [-0.2, -0.15) is 0 Å². The van der Waals surface area contributed by atoms with Gasteiger partial charge in [0.25, 0.3) is 0 Å². The van der Waals surface area contributed by atoms with E-state index in [9.17, 15) is 0 Å². The first kappa shape index (κ1) is 17.6. The molecule has 1 rings (SSSR count). The zero-order valence-corrected chi connectivity index (χ0v) is 15.0. The highest BCUT2D eigenvalue weighted by Crippen LogP contribution is 2.34. The maximum Gasteiger partial charge on any atom is 0.0936 e. The number of hydrogen-bond acceptors (Lipinski definition) is 3. The largest absolute Gasteiger partial charge is 0.314 e. The minimum atomic E-state index is 0.372. The third-order valence-corrected chi connectivity index (χ3v) is 5.37. The summed E-state index contributed by atoms with van der Waals surface area (Å²) in [4.78, 5) is 6.14. The summed E-state index contributed by atoms with van der Waals surface area (Å²) < 4.78 is 0. The Balaban J connectivity index is 2.83. The van der Waals surface area contributed by atoms with Crippen molar-refractivity contribution >= 4 is 11.3 Å². The summed E-state index contributed by atoms with van der Waals surface area (Å²) in [5.41, 5.74) is 1.58. The molecule has 0 fully saturated rings. The summed E-state index contributed by atoms with van der Waals surface area (Å²) in [5, 5.41) is 4.99. The van der Waals surface area contributed by atoms with Gasteiger partial charge in [0.2, 0.25) is 0 Å². The van der Waals surface area contributed by atoms with E-state index in [0.29, 0.717) is 11.5 Å². The van der Waals surface area contributed by atoms with Gasteiger partial charge in [-0.05, 0) is 32.1 Å². The van der Waals surface area contributed by atoms with Crippen LogP contribution in [0.1, 0.15) is 69.0 Å². The minimum absolute atomic E-state index is 0.372. The van der Waals surface area contributed by atoms with Crippen molar-refractivity contribution in [3.63, 3.8) is 0 Å². The third kappa shape index (κ3) is 5.17. The summed E-state index contributed by atoms with van der Waals surface area (Å²) >= 11 is 1.89.